The van der Waals surface area contributed by atoms with Gasteiger partial charge < -0.3 is 0 Å². The smallest absolute Gasteiger partial charge is 0.139 e. The molecular weight excluding hydrogens is 238 g/mol. The Morgan fingerprint density at radius 1 is 1.58 bits per heavy atom. The van der Waals surface area contributed by atoms with E-state index in [1.807, 2.05) is 18.2 Å². The molecule has 1 aromatic carbocycles. The highest BCUT2D eigenvalue weighted by atomic mass is 79.9. The zero-order chi connectivity index (χ0) is 9.14. The van der Waals surface area contributed by atoms with E-state index in [0.29, 0.717) is 5.56 Å². The minimum atomic E-state index is -0.981. The van der Waals surface area contributed by atoms with Gasteiger partial charge in [0.1, 0.15) is 5.91 Å². The molecule has 0 bridgehead atoms. The van der Waals surface area contributed by atoms with Crippen molar-refractivity contribution >= 4 is 25.2 Å². The topological polar surface area (TPSA) is 0 Å². The highest BCUT2D eigenvalue weighted by Gasteiger charge is 2.07. The lowest BCUT2D eigenvalue weighted by Crippen LogP contribution is -1.88. The van der Waals surface area contributed by atoms with Gasteiger partial charge in [-0.05, 0) is 18.1 Å². The zero-order valence-electron chi connectivity index (χ0n) is 6.85. The van der Waals surface area contributed by atoms with Gasteiger partial charge in [0.05, 0.1) is 0 Å². The molecule has 0 heterocycles. The molecule has 0 aliphatic rings. The summed E-state index contributed by atoms with van der Waals surface area (Å²) in [5.41, 5.74) is 1.87. The number of aryl methyl sites for hydroxylation is 1. The summed E-state index contributed by atoms with van der Waals surface area (Å²) in [6, 6.07) is 5.78. The van der Waals surface area contributed by atoms with E-state index in [1.165, 1.54) is 5.56 Å². The van der Waals surface area contributed by atoms with Crippen molar-refractivity contribution in [1.29, 1.82) is 0 Å². The summed E-state index contributed by atoms with van der Waals surface area (Å²) in [5.74, 6) is -0.981. The average molecular weight is 249 g/mol. The largest absolute Gasteiger partial charge is 0.238 e. The Kier molecular flexibility index (Phi) is 3.67. The van der Waals surface area contributed by atoms with E-state index in [9.17, 15) is 4.39 Å². The number of rotatable bonds is 2. The van der Waals surface area contributed by atoms with Crippen molar-refractivity contribution in [2.75, 3.05) is 0 Å². The maximum Gasteiger partial charge on any atom is 0.139 e. The Morgan fingerprint density at radius 3 is 2.75 bits per heavy atom. The van der Waals surface area contributed by atoms with Gasteiger partial charge in [-0.3, -0.25) is 0 Å². The van der Waals surface area contributed by atoms with E-state index < -0.39 is 5.91 Å². The SMILES string of the molecule is CCc1ccc(Br)c(C(F)P)c1. The molecule has 66 valence electrons. The molecule has 0 aliphatic heterocycles. The van der Waals surface area contributed by atoms with Crippen molar-refractivity contribution in [2.24, 2.45) is 0 Å². The predicted octanol–water partition coefficient (Wildman–Crippen LogP) is 3.85. The molecule has 0 aliphatic carbocycles. The van der Waals surface area contributed by atoms with Gasteiger partial charge in [-0.1, -0.05) is 44.2 Å². The molecule has 0 spiro atoms. The summed E-state index contributed by atoms with van der Waals surface area (Å²) in [6.07, 6.45) is 0.942. The predicted molar refractivity (Wildman–Crippen MR) is 57.1 cm³/mol. The van der Waals surface area contributed by atoms with Gasteiger partial charge >= 0.3 is 0 Å². The summed E-state index contributed by atoms with van der Waals surface area (Å²) in [4.78, 5) is 0. The number of hydrogen-bond donors (Lipinski definition) is 0. The van der Waals surface area contributed by atoms with Crippen LogP contribution in [0.25, 0.3) is 0 Å². The summed E-state index contributed by atoms with van der Waals surface area (Å²) in [7, 11) is 2.15. The third kappa shape index (κ3) is 2.27. The standard InChI is InChI=1S/C9H11BrFP/c1-2-6-3-4-8(10)7(5-6)9(11)12/h3-5,9H,2,12H2,1H3. The van der Waals surface area contributed by atoms with Crippen molar-refractivity contribution < 1.29 is 4.39 Å². The molecule has 2 unspecified atom stereocenters. The maximum absolute atomic E-state index is 12.9. The van der Waals surface area contributed by atoms with Crippen LogP contribution in [0.2, 0.25) is 0 Å². The molecule has 0 saturated heterocycles. The lowest BCUT2D eigenvalue weighted by Gasteiger charge is -2.06. The van der Waals surface area contributed by atoms with Crippen molar-refractivity contribution in [2.45, 2.75) is 19.3 Å². The first-order valence-corrected chi connectivity index (χ1v) is 5.29. The first-order valence-electron chi connectivity index (χ1n) is 3.83. The Morgan fingerprint density at radius 2 is 2.25 bits per heavy atom. The molecule has 0 aromatic heterocycles. The molecule has 1 aromatic rings. The minimum absolute atomic E-state index is 0.708. The molecule has 12 heavy (non-hydrogen) atoms. The van der Waals surface area contributed by atoms with Gasteiger partial charge in [0, 0.05) is 10.0 Å². The second-order valence-corrected chi connectivity index (χ2v) is 4.05. The lowest BCUT2D eigenvalue weighted by atomic mass is 10.1. The van der Waals surface area contributed by atoms with Crippen molar-refractivity contribution in [3.8, 4) is 0 Å². The van der Waals surface area contributed by atoms with Crippen LogP contribution in [-0.4, -0.2) is 0 Å². The van der Waals surface area contributed by atoms with Crippen molar-refractivity contribution in [1.82, 2.24) is 0 Å². The highest BCUT2D eigenvalue weighted by molar-refractivity contribution is 9.10. The molecule has 0 fully saturated rings. The number of hydrogen-bond acceptors (Lipinski definition) is 0. The minimum Gasteiger partial charge on any atom is -0.238 e. The fraction of sp³-hybridized carbons (Fsp3) is 0.333. The number of benzene rings is 1. The third-order valence-electron chi connectivity index (χ3n) is 1.77. The number of halogens is 2. The van der Waals surface area contributed by atoms with E-state index in [4.69, 9.17) is 0 Å². The summed E-state index contributed by atoms with van der Waals surface area (Å²) >= 11 is 3.31. The van der Waals surface area contributed by atoms with Gasteiger partial charge in [0.2, 0.25) is 0 Å². The molecular formula is C9H11BrFP. The van der Waals surface area contributed by atoms with E-state index in [2.05, 4.69) is 32.1 Å². The van der Waals surface area contributed by atoms with E-state index >= 15 is 0 Å². The molecule has 1 rings (SSSR count). The van der Waals surface area contributed by atoms with Gasteiger partial charge in [-0.15, -0.1) is 0 Å². The molecule has 2 atom stereocenters. The zero-order valence-corrected chi connectivity index (χ0v) is 9.59. The van der Waals surface area contributed by atoms with Crippen LogP contribution in [0.5, 0.6) is 0 Å². The van der Waals surface area contributed by atoms with Gasteiger partial charge in [0.15, 0.2) is 0 Å². The van der Waals surface area contributed by atoms with Gasteiger partial charge in [-0.25, -0.2) is 4.39 Å². The summed E-state index contributed by atoms with van der Waals surface area (Å²) in [6.45, 7) is 2.06. The van der Waals surface area contributed by atoms with E-state index in [1.54, 1.807) is 0 Å². The summed E-state index contributed by atoms with van der Waals surface area (Å²) < 4.78 is 13.8. The van der Waals surface area contributed by atoms with Gasteiger partial charge in [0.25, 0.3) is 0 Å². The van der Waals surface area contributed by atoms with E-state index in [-0.39, 0.29) is 0 Å². The molecule has 0 amide bonds. The Balaban J connectivity index is 3.08. The van der Waals surface area contributed by atoms with Crippen LogP contribution < -0.4 is 0 Å². The van der Waals surface area contributed by atoms with Crippen molar-refractivity contribution in [3.05, 3.63) is 33.8 Å². The Labute approximate surface area is 82.9 Å². The quantitative estimate of drug-likeness (QED) is 0.698. The third-order valence-corrected chi connectivity index (χ3v) is 2.85. The molecule has 0 radical (unpaired) electrons. The summed E-state index contributed by atoms with van der Waals surface area (Å²) in [5, 5.41) is 0. The average Bonchev–Trinajstić information content (AvgIpc) is 2.05. The van der Waals surface area contributed by atoms with Crippen LogP contribution in [0.3, 0.4) is 0 Å². The second-order valence-electron chi connectivity index (χ2n) is 2.61. The first kappa shape index (κ1) is 10.1. The molecule has 0 N–H and O–H groups in total. The van der Waals surface area contributed by atoms with Crippen LogP contribution in [0.4, 0.5) is 4.39 Å². The van der Waals surface area contributed by atoms with Crippen LogP contribution in [0.15, 0.2) is 22.7 Å². The Hall–Kier alpha value is 0.0600. The normalized spacial score (nSPS) is 13.0. The van der Waals surface area contributed by atoms with E-state index in [0.717, 1.165) is 10.9 Å². The molecule has 0 nitrogen and oxygen atoms in total. The Bertz CT molecular complexity index is 273. The second kappa shape index (κ2) is 4.34. The fourth-order valence-corrected chi connectivity index (χ4v) is 2.01. The maximum atomic E-state index is 12.9. The molecule has 0 saturated carbocycles. The van der Waals surface area contributed by atoms with Crippen LogP contribution in [0.1, 0.15) is 24.0 Å². The number of alkyl halides is 1. The first-order chi connectivity index (χ1) is 5.65. The van der Waals surface area contributed by atoms with Crippen molar-refractivity contribution in [3.63, 3.8) is 0 Å². The van der Waals surface area contributed by atoms with Crippen LogP contribution in [0, 0.1) is 0 Å². The van der Waals surface area contributed by atoms with Crippen LogP contribution in [-0.2, 0) is 6.42 Å². The fourth-order valence-electron chi connectivity index (χ4n) is 1.02. The highest BCUT2D eigenvalue weighted by Crippen LogP contribution is 2.31. The van der Waals surface area contributed by atoms with Gasteiger partial charge in [-0.2, -0.15) is 0 Å². The monoisotopic (exact) mass is 248 g/mol. The lowest BCUT2D eigenvalue weighted by molar-refractivity contribution is 0.467. The van der Waals surface area contributed by atoms with Crippen LogP contribution >= 0.6 is 25.2 Å². The molecule has 3 heteroatoms.